The number of hydrogen-bond donors (Lipinski definition) is 3. The van der Waals surface area contributed by atoms with Crippen LogP contribution < -0.4 is 15.4 Å². The molecule has 1 heterocycles. The van der Waals surface area contributed by atoms with Crippen molar-refractivity contribution in [1.29, 1.82) is 5.41 Å². The van der Waals surface area contributed by atoms with Crippen LogP contribution in [0.15, 0.2) is 42.6 Å². The molecule has 1 atom stereocenters. The van der Waals surface area contributed by atoms with Gasteiger partial charge in [-0.2, -0.15) is 17.6 Å². The maximum Gasteiger partial charge on any atom is 0.387 e. The summed E-state index contributed by atoms with van der Waals surface area (Å²) in [7, 11) is 0. The second kappa shape index (κ2) is 10.0. The van der Waals surface area contributed by atoms with Crippen LogP contribution in [0.3, 0.4) is 0 Å². The van der Waals surface area contributed by atoms with Crippen molar-refractivity contribution in [2.45, 2.75) is 32.8 Å². The van der Waals surface area contributed by atoms with Crippen LogP contribution in [0, 0.1) is 11.3 Å². The molecule has 0 aliphatic carbocycles. The summed E-state index contributed by atoms with van der Waals surface area (Å²) in [5, 5.41) is 12.5. The summed E-state index contributed by atoms with van der Waals surface area (Å²) in [4.78, 5) is 28.7. The molecule has 1 unspecified atom stereocenters. The zero-order valence-corrected chi connectivity index (χ0v) is 16.6. The molecule has 0 bridgehead atoms. The number of rotatable bonds is 9. The van der Waals surface area contributed by atoms with Gasteiger partial charge < -0.3 is 20.8 Å². The fourth-order valence-corrected chi connectivity index (χ4v) is 2.55. The number of halogens is 4. The first-order chi connectivity index (χ1) is 14.5. The van der Waals surface area contributed by atoms with E-state index in [4.69, 9.17) is 5.41 Å². The number of aromatic nitrogens is 1. The molecule has 1 aromatic carbocycles. The van der Waals surface area contributed by atoms with Gasteiger partial charge in [0, 0.05) is 29.7 Å². The third-order valence-electron chi connectivity index (χ3n) is 4.15. The van der Waals surface area contributed by atoms with Crippen LogP contribution in [0.1, 0.15) is 26.0 Å². The van der Waals surface area contributed by atoms with Crippen molar-refractivity contribution in [3.63, 3.8) is 0 Å². The molecule has 1 aromatic heterocycles. The second-order valence-corrected chi connectivity index (χ2v) is 6.49. The number of carbonyl (C=O) groups excluding carboxylic acids is 2. The Kier molecular flexibility index (Phi) is 7.67. The number of amides is 2. The minimum Gasteiger partial charge on any atom is -0.435 e. The van der Waals surface area contributed by atoms with E-state index in [1.807, 2.05) is 0 Å². The summed E-state index contributed by atoms with van der Waals surface area (Å²) >= 11 is 0. The fraction of sp³-hybridized carbons (Fsp3) is 0.300. The number of nitrogens with zero attached hydrogens (tertiary/aromatic N) is 1. The molecule has 0 fully saturated rings. The highest BCUT2D eigenvalue weighted by molar-refractivity contribution is 6.24. The van der Waals surface area contributed by atoms with E-state index in [1.165, 1.54) is 44.2 Å². The normalized spacial score (nSPS) is 12.2. The van der Waals surface area contributed by atoms with Crippen LogP contribution >= 0.6 is 0 Å². The van der Waals surface area contributed by atoms with Crippen molar-refractivity contribution in [2.24, 2.45) is 5.92 Å². The van der Waals surface area contributed by atoms with Gasteiger partial charge in [0.25, 0.3) is 5.92 Å². The Balaban J connectivity index is 2.12. The predicted molar refractivity (Wildman–Crippen MR) is 106 cm³/mol. The Morgan fingerprint density at radius 1 is 1.10 bits per heavy atom. The van der Waals surface area contributed by atoms with Gasteiger partial charge in [0.15, 0.2) is 5.92 Å². The van der Waals surface area contributed by atoms with Gasteiger partial charge in [-0.05, 0) is 43.3 Å². The van der Waals surface area contributed by atoms with E-state index in [0.717, 1.165) is 12.3 Å². The molecule has 2 aromatic rings. The molecule has 0 radical (unpaired) electrons. The van der Waals surface area contributed by atoms with E-state index in [0.29, 0.717) is 0 Å². The van der Waals surface area contributed by atoms with Crippen molar-refractivity contribution in [3.05, 3.63) is 48.3 Å². The number of benzene rings is 1. The second-order valence-electron chi connectivity index (χ2n) is 6.49. The molecule has 0 spiro atoms. The first-order valence-electron chi connectivity index (χ1n) is 9.09. The highest BCUT2D eigenvalue weighted by Crippen LogP contribution is 2.31. The average molecular weight is 440 g/mol. The molecule has 2 rings (SSSR count). The lowest BCUT2D eigenvalue weighted by Gasteiger charge is -2.17. The maximum atomic E-state index is 13.8. The van der Waals surface area contributed by atoms with Crippen LogP contribution in [-0.4, -0.2) is 29.1 Å². The summed E-state index contributed by atoms with van der Waals surface area (Å²) < 4.78 is 56.3. The lowest BCUT2D eigenvalue weighted by molar-refractivity contribution is -0.126. The van der Waals surface area contributed by atoms with Crippen LogP contribution in [0.5, 0.6) is 5.75 Å². The van der Waals surface area contributed by atoms with E-state index < -0.39 is 42.4 Å². The van der Waals surface area contributed by atoms with Crippen molar-refractivity contribution < 1.29 is 31.9 Å². The zero-order valence-electron chi connectivity index (χ0n) is 16.6. The zero-order chi connectivity index (χ0) is 23.2. The molecule has 0 aliphatic rings. The standard InChI is InChI=1S/C20H20F4N4O3/c1-3-20(23,24)15-10-13(8-9-26-15)28-18(30)16(11(2)25)17(29)27-12-4-6-14(7-5-12)31-19(21)22/h4-10,16,19,25H,3H2,1-2H3,(H,27,29)(H,26,28,30). The van der Waals surface area contributed by atoms with Gasteiger partial charge >= 0.3 is 6.61 Å². The Hall–Kier alpha value is -3.50. The van der Waals surface area contributed by atoms with Crippen molar-refractivity contribution in [2.75, 3.05) is 10.6 Å². The number of anilines is 2. The fourth-order valence-electron chi connectivity index (χ4n) is 2.55. The minimum absolute atomic E-state index is 0.00400. The Bertz CT molecular complexity index is 952. The van der Waals surface area contributed by atoms with Gasteiger partial charge in [-0.1, -0.05) is 6.92 Å². The SMILES string of the molecule is CCC(F)(F)c1cc(NC(=O)C(C(C)=N)C(=O)Nc2ccc(OC(F)F)cc2)ccn1. The molecule has 2 amide bonds. The largest absolute Gasteiger partial charge is 0.435 e. The molecule has 166 valence electrons. The monoisotopic (exact) mass is 440 g/mol. The van der Waals surface area contributed by atoms with Gasteiger partial charge in [-0.15, -0.1) is 0 Å². The van der Waals surface area contributed by atoms with E-state index in [9.17, 15) is 27.2 Å². The molecule has 0 saturated carbocycles. The van der Waals surface area contributed by atoms with Crippen molar-refractivity contribution >= 4 is 28.9 Å². The van der Waals surface area contributed by atoms with Crippen molar-refractivity contribution in [3.8, 4) is 5.75 Å². The third kappa shape index (κ3) is 6.49. The first-order valence-corrected chi connectivity index (χ1v) is 9.09. The van der Waals surface area contributed by atoms with Gasteiger partial charge in [0.2, 0.25) is 11.8 Å². The minimum atomic E-state index is -3.19. The number of ether oxygens (including phenoxy) is 1. The van der Waals surface area contributed by atoms with Gasteiger partial charge in [0.05, 0.1) is 0 Å². The molecule has 3 N–H and O–H groups in total. The van der Waals surface area contributed by atoms with E-state index in [1.54, 1.807) is 0 Å². The average Bonchev–Trinajstić information content (AvgIpc) is 2.69. The summed E-state index contributed by atoms with van der Waals surface area (Å²) in [6.45, 7) is -0.468. The van der Waals surface area contributed by atoms with Crippen LogP contribution in [-0.2, 0) is 15.5 Å². The maximum absolute atomic E-state index is 13.8. The highest BCUT2D eigenvalue weighted by atomic mass is 19.3. The number of hydrogen-bond acceptors (Lipinski definition) is 5. The van der Waals surface area contributed by atoms with Gasteiger partial charge in [-0.25, -0.2) is 0 Å². The van der Waals surface area contributed by atoms with Gasteiger partial charge in [0.1, 0.15) is 11.4 Å². The molecule has 11 heteroatoms. The quantitative estimate of drug-likeness (QED) is 0.305. The third-order valence-corrected chi connectivity index (χ3v) is 4.15. The summed E-state index contributed by atoms with van der Waals surface area (Å²) in [6.07, 6.45) is 0.618. The van der Waals surface area contributed by atoms with Crippen LogP contribution in [0.25, 0.3) is 0 Å². The molecule has 0 aliphatic heterocycles. The molecular weight excluding hydrogens is 420 g/mol. The lowest BCUT2D eigenvalue weighted by atomic mass is 10.0. The van der Waals surface area contributed by atoms with Crippen molar-refractivity contribution in [1.82, 2.24) is 4.98 Å². The van der Waals surface area contributed by atoms with E-state index in [-0.39, 0.29) is 22.8 Å². The van der Waals surface area contributed by atoms with Crippen LogP contribution in [0.4, 0.5) is 28.9 Å². The Morgan fingerprint density at radius 3 is 2.19 bits per heavy atom. The predicted octanol–water partition coefficient (Wildman–Crippen LogP) is 4.42. The lowest BCUT2D eigenvalue weighted by Crippen LogP contribution is -2.38. The van der Waals surface area contributed by atoms with E-state index in [2.05, 4.69) is 20.4 Å². The summed E-state index contributed by atoms with van der Waals surface area (Å²) in [6, 6.07) is 7.24. The number of alkyl halides is 4. The smallest absolute Gasteiger partial charge is 0.387 e. The molecule has 0 saturated heterocycles. The number of nitrogens with one attached hydrogen (secondary N) is 3. The highest BCUT2D eigenvalue weighted by Gasteiger charge is 2.32. The summed E-state index contributed by atoms with van der Waals surface area (Å²) in [5.41, 5.74) is -0.651. The van der Waals surface area contributed by atoms with Crippen LogP contribution in [0.2, 0.25) is 0 Å². The Labute approximate surface area is 175 Å². The molecular formula is C20H20F4N4O3. The summed E-state index contributed by atoms with van der Waals surface area (Å²) in [5.74, 6) is -6.63. The number of pyridine rings is 1. The molecule has 31 heavy (non-hydrogen) atoms. The molecule has 7 nitrogen and oxygen atoms in total. The van der Waals surface area contributed by atoms with E-state index >= 15 is 0 Å². The topological polar surface area (TPSA) is 104 Å². The first kappa shape index (κ1) is 23.8. The number of carbonyl (C=O) groups is 2. The Morgan fingerprint density at radius 2 is 1.68 bits per heavy atom. The van der Waals surface area contributed by atoms with Gasteiger partial charge in [-0.3, -0.25) is 14.6 Å².